The molecule has 1 N–H and O–H groups in total. The minimum Gasteiger partial charge on any atom is -0.492 e. The molecule has 0 aromatic heterocycles. The molecular weight excluding hydrogens is 394 g/mol. The van der Waals surface area contributed by atoms with Crippen molar-refractivity contribution in [1.29, 1.82) is 0 Å². The number of halogens is 2. The maximum atomic E-state index is 5.63. The van der Waals surface area contributed by atoms with Gasteiger partial charge >= 0.3 is 0 Å². The van der Waals surface area contributed by atoms with E-state index < -0.39 is 0 Å². The van der Waals surface area contributed by atoms with Gasteiger partial charge in [0.2, 0.25) is 0 Å². The molecule has 0 aliphatic carbocycles. The molecule has 0 spiro atoms. The molecule has 1 aromatic carbocycles. The van der Waals surface area contributed by atoms with Gasteiger partial charge in [-0.1, -0.05) is 39.3 Å². The molecule has 0 fully saturated rings. The third-order valence-corrected chi connectivity index (χ3v) is 4.30. The number of rotatable bonds is 7. The van der Waals surface area contributed by atoms with Crippen molar-refractivity contribution in [3.63, 3.8) is 0 Å². The summed E-state index contributed by atoms with van der Waals surface area (Å²) in [6, 6.07) is 4.70. The van der Waals surface area contributed by atoms with Crippen molar-refractivity contribution in [3.8, 4) is 5.75 Å². The predicted octanol–water partition coefficient (Wildman–Crippen LogP) is 5.65. The monoisotopic (exact) mass is 417 g/mol. The Kier molecular flexibility index (Phi) is 7.99. The molecule has 0 bridgehead atoms. The second-order valence-corrected chi connectivity index (χ2v) is 7.36. The first-order valence-corrected chi connectivity index (χ1v) is 8.99. The fourth-order valence-corrected chi connectivity index (χ4v) is 3.35. The van der Waals surface area contributed by atoms with Crippen LogP contribution in [-0.2, 0) is 0 Å². The van der Waals surface area contributed by atoms with E-state index in [1.54, 1.807) is 0 Å². The van der Waals surface area contributed by atoms with Gasteiger partial charge in [-0.05, 0) is 62.4 Å². The smallest absolute Gasteiger partial charge is 0.147 e. The van der Waals surface area contributed by atoms with Gasteiger partial charge in [0.15, 0.2) is 0 Å². The number of hydrogen-bond donors (Lipinski definition) is 1. The second-order valence-electron chi connectivity index (χ2n) is 5.66. The van der Waals surface area contributed by atoms with Crippen LogP contribution in [0.2, 0.25) is 0 Å². The van der Waals surface area contributed by atoms with Gasteiger partial charge < -0.3 is 10.1 Å². The first-order chi connectivity index (χ1) is 9.85. The summed E-state index contributed by atoms with van der Waals surface area (Å²) in [5, 5.41) is 3.49. The third-order valence-electron chi connectivity index (χ3n) is 3.12. The average Bonchev–Trinajstić information content (AvgIpc) is 2.38. The highest BCUT2D eigenvalue weighted by atomic mass is 79.9. The van der Waals surface area contributed by atoms with Crippen molar-refractivity contribution in [1.82, 2.24) is 5.32 Å². The quantitative estimate of drug-likeness (QED) is 0.617. The lowest BCUT2D eigenvalue weighted by Gasteiger charge is -2.16. The molecule has 2 nitrogen and oxygen atoms in total. The second kappa shape index (κ2) is 8.96. The van der Waals surface area contributed by atoms with Crippen molar-refractivity contribution >= 4 is 37.9 Å². The van der Waals surface area contributed by atoms with Crippen molar-refractivity contribution in [2.75, 3.05) is 13.2 Å². The molecule has 0 radical (unpaired) electrons. The molecule has 0 saturated carbocycles. The molecule has 0 aliphatic heterocycles. The van der Waals surface area contributed by atoms with Gasteiger partial charge in [0.05, 0.1) is 15.6 Å². The lowest BCUT2D eigenvalue weighted by molar-refractivity contribution is 0.336. The number of hydrogen-bond acceptors (Lipinski definition) is 2. The maximum absolute atomic E-state index is 5.63. The molecule has 1 aromatic rings. The summed E-state index contributed by atoms with van der Waals surface area (Å²) in [6.45, 7) is 12.4. The summed E-state index contributed by atoms with van der Waals surface area (Å²) in [5.41, 5.74) is 2.57. The van der Waals surface area contributed by atoms with Crippen LogP contribution in [-0.4, -0.2) is 19.2 Å². The topological polar surface area (TPSA) is 21.3 Å². The van der Waals surface area contributed by atoms with Crippen molar-refractivity contribution in [2.45, 2.75) is 40.7 Å². The molecule has 118 valence electrons. The molecule has 1 rings (SSSR count). The molecule has 0 saturated heterocycles. The minimum absolute atomic E-state index is 0.492. The van der Waals surface area contributed by atoms with E-state index in [-0.39, 0.29) is 0 Å². The van der Waals surface area contributed by atoms with Crippen LogP contribution in [0.5, 0.6) is 5.75 Å². The van der Waals surface area contributed by atoms with Crippen LogP contribution in [0.4, 0.5) is 0 Å². The Morgan fingerprint density at radius 2 is 1.76 bits per heavy atom. The zero-order valence-electron chi connectivity index (χ0n) is 13.5. The zero-order chi connectivity index (χ0) is 16.0. The predicted molar refractivity (Wildman–Crippen MR) is 99.0 cm³/mol. The van der Waals surface area contributed by atoms with E-state index in [9.17, 15) is 0 Å². The summed E-state index contributed by atoms with van der Waals surface area (Å²) >= 11 is 7.18. The highest BCUT2D eigenvalue weighted by Gasteiger charge is 2.10. The Bertz CT molecular complexity index is 473. The lowest BCUT2D eigenvalue weighted by Crippen LogP contribution is -2.26. The molecule has 0 heterocycles. The van der Waals surface area contributed by atoms with Gasteiger partial charge in [-0.25, -0.2) is 0 Å². The third kappa shape index (κ3) is 6.13. The maximum Gasteiger partial charge on any atom is 0.147 e. The lowest BCUT2D eigenvalue weighted by atomic mass is 10.00. The molecule has 0 unspecified atom stereocenters. The normalized spacial score (nSPS) is 12.3. The zero-order valence-corrected chi connectivity index (χ0v) is 16.6. The van der Waals surface area contributed by atoms with Crippen molar-refractivity contribution in [2.24, 2.45) is 5.92 Å². The van der Waals surface area contributed by atoms with E-state index >= 15 is 0 Å². The Hall–Kier alpha value is -0.320. The van der Waals surface area contributed by atoms with Crippen LogP contribution in [0.15, 0.2) is 26.7 Å². The van der Waals surface area contributed by atoms with Gasteiger partial charge in [0.25, 0.3) is 0 Å². The fraction of sp³-hybridized carbons (Fsp3) is 0.529. The average molecular weight is 419 g/mol. The Balaban J connectivity index is 3.04. The van der Waals surface area contributed by atoms with Crippen LogP contribution in [0, 0.1) is 5.92 Å². The van der Waals surface area contributed by atoms with Gasteiger partial charge in [-0.2, -0.15) is 0 Å². The van der Waals surface area contributed by atoms with E-state index in [0.29, 0.717) is 18.6 Å². The van der Waals surface area contributed by atoms with Crippen molar-refractivity contribution in [3.05, 3.63) is 32.2 Å². The minimum atomic E-state index is 0.492. The van der Waals surface area contributed by atoms with Crippen LogP contribution >= 0.6 is 31.9 Å². The summed E-state index contributed by atoms with van der Waals surface area (Å²) in [6.07, 6.45) is 2.26. The highest BCUT2D eigenvalue weighted by Crippen LogP contribution is 2.35. The summed E-state index contributed by atoms with van der Waals surface area (Å²) in [4.78, 5) is 0. The van der Waals surface area contributed by atoms with Gasteiger partial charge in [0, 0.05) is 12.6 Å². The molecular formula is C17H25Br2NO. The summed E-state index contributed by atoms with van der Waals surface area (Å²) in [5.74, 6) is 1.38. The molecule has 4 heteroatoms. The summed E-state index contributed by atoms with van der Waals surface area (Å²) < 4.78 is 7.58. The fourth-order valence-electron chi connectivity index (χ4n) is 1.90. The molecule has 0 amide bonds. The number of ether oxygens (including phenoxy) is 1. The Morgan fingerprint density at radius 3 is 2.19 bits per heavy atom. The number of nitrogens with one attached hydrogen (secondary N) is 1. The Labute approximate surface area is 145 Å². The largest absolute Gasteiger partial charge is 0.492 e. The van der Waals surface area contributed by atoms with Crippen LogP contribution < -0.4 is 10.1 Å². The van der Waals surface area contributed by atoms with Gasteiger partial charge in [0.1, 0.15) is 5.75 Å². The van der Waals surface area contributed by atoms with E-state index in [4.69, 9.17) is 4.74 Å². The highest BCUT2D eigenvalue weighted by molar-refractivity contribution is 9.11. The van der Waals surface area contributed by atoms with Gasteiger partial charge in [-0.15, -0.1) is 0 Å². The first-order valence-electron chi connectivity index (χ1n) is 7.40. The molecule has 0 aliphatic rings. The van der Waals surface area contributed by atoms with E-state index in [1.165, 1.54) is 11.1 Å². The SMILES string of the molecule is CCOc1c(Br)cc(C=C(CNC(C)C)C(C)C)cc1Br. The molecule has 21 heavy (non-hydrogen) atoms. The summed E-state index contributed by atoms with van der Waals surface area (Å²) in [7, 11) is 0. The van der Waals surface area contributed by atoms with E-state index in [1.807, 2.05) is 6.92 Å². The van der Waals surface area contributed by atoms with E-state index in [0.717, 1.165) is 21.2 Å². The standard InChI is InChI=1S/C17H25Br2NO/c1-6-21-17-15(18)8-13(9-16(17)19)7-14(11(2)3)10-20-12(4)5/h7-9,11-12,20H,6,10H2,1-5H3. The van der Waals surface area contributed by atoms with Crippen LogP contribution in [0.25, 0.3) is 6.08 Å². The van der Waals surface area contributed by atoms with Crippen LogP contribution in [0.3, 0.4) is 0 Å². The van der Waals surface area contributed by atoms with Crippen LogP contribution in [0.1, 0.15) is 40.2 Å². The first kappa shape index (κ1) is 18.7. The van der Waals surface area contributed by atoms with Crippen molar-refractivity contribution < 1.29 is 4.74 Å². The van der Waals surface area contributed by atoms with E-state index in [2.05, 4.69) is 83.1 Å². The Morgan fingerprint density at radius 1 is 1.19 bits per heavy atom. The number of benzene rings is 1. The van der Waals surface area contributed by atoms with Gasteiger partial charge in [-0.3, -0.25) is 0 Å². The molecule has 0 atom stereocenters.